The van der Waals surface area contributed by atoms with Crippen LogP contribution >= 0.6 is 0 Å². The van der Waals surface area contributed by atoms with Crippen LogP contribution in [0.1, 0.15) is 46.5 Å². The molecule has 0 aliphatic heterocycles. The number of carbonyl (C=O) groups is 1. The molecule has 1 unspecified atom stereocenters. The van der Waals surface area contributed by atoms with Crippen molar-refractivity contribution in [2.24, 2.45) is 13.0 Å². The minimum Gasteiger partial charge on any atom is -0.361 e. The molecule has 3 rings (SSSR count). The molecule has 0 radical (unpaired) electrons. The van der Waals surface area contributed by atoms with Crippen LogP contribution in [0, 0.1) is 19.8 Å². The Labute approximate surface area is 117 Å². The molecular formula is C14H18N4O2. The van der Waals surface area contributed by atoms with Crippen molar-refractivity contribution in [1.82, 2.24) is 20.0 Å². The van der Waals surface area contributed by atoms with Gasteiger partial charge in [0, 0.05) is 19.4 Å². The Hall–Kier alpha value is -2.11. The molecule has 1 N–H and O–H groups in total. The molecule has 6 heteroatoms. The summed E-state index contributed by atoms with van der Waals surface area (Å²) in [4.78, 5) is 16.8. The van der Waals surface area contributed by atoms with Crippen LogP contribution in [0.2, 0.25) is 0 Å². The Morgan fingerprint density at radius 2 is 2.25 bits per heavy atom. The Balaban J connectivity index is 1.84. The number of aryl methyl sites for hydroxylation is 3. The first-order valence-electron chi connectivity index (χ1n) is 6.79. The molecule has 0 aromatic carbocycles. The van der Waals surface area contributed by atoms with Crippen molar-refractivity contribution in [3.63, 3.8) is 0 Å². The average molecular weight is 274 g/mol. The average Bonchev–Trinajstić information content (AvgIpc) is 3.08. The summed E-state index contributed by atoms with van der Waals surface area (Å²) in [6.07, 6.45) is 5.90. The molecule has 1 fully saturated rings. The number of rotatable bonds is 4. The smallest absolute Gasteiger partial charge is 0.257 e. The van der Waals surface area contributed by atoms with Gasteiger partial charge in [-0.25, -0.2) is 4.98 Å². The van der Waals surface area contributed by atoms with Crippen LogP contribution in [0.15, 0.2) is 16.9 Å². The first-order chi connectivity index (χ1) is 9.58. The van der Waals surface area contributed by atoms with Crippen molar-refractivity contribution in [1.29, 1.82) is 0 Å². The van der Waals surface area contributed by atoms with Crippen molar-refractivity contribution >= 4 is 5.91 Å². The van der Waals surface area contributed by atoms with Crippen LogP contribution in [0.25, 0.3) is 0 Å². The largest absolute Gasteiger partial charge is 0.361 e. The molecule has 0 spiro atoms. The normalized spacial score (nSPS) is 16.1. The van der Waals surface area contributed by atoms with Crippen LogP contribution in [0.3, 0.4) is 0 Å². The third-order valence-corrected chi connectivity index (χ3v) is 3.78. The van der Waals surface area contributed by atoms with Gasteiger partial charge in [0.1, 0.15) is 17.1 Å². The number of amides is 1. The van der Waals surface area contributed by atoms with E-state index in [2.05, 4.69) is 15.5 Å². The zero-order chi connectivity index (χ0) is 14.3. The fraction of sp³-hybridized carbons (Fsp3) is 0.500. The molecule has 2 aromatic rings. The van der Waals surface area contributed by atoms with E-state index in [0.717, 1.165) is 18.7 Å². The van der Waals surface area contributed by atoms with E-state index < -0.39 is 0 Å². The van der Waals surface area contributed by atoms with E-state index >= 15 is 0 Å². The van der Waals surface area contributed by atoms with E-state index in [1.807, 2.05) is 17.8 Å². The lowest BCUT2D eigenvalue weighted by atomic mass is 10.1. The molecule has 1 atom stereocenters. The SMILES string of the molecule is Cc1noc(C)c1C(=O)NC(c1nccn1C)C1CC1. The minimum absolute atomic E-state index is 0.0452. The molecule has 6 nitrogen and oxygen atoms in total. The van der Waals surface area contributed by atoms with Gasteiger partial charge in [0.05, 0.1) is 11.7 Å². The topological polar surface area (TPSA) is 73.0 Å². The molecule has 1 amide bonds. The molecule has 1 aliphatic carbocycles. The van der Waals surface area contributed by atoms with Gasteiger partial charge in [-0.15, -0.1) is 0 Å². The highest BCUT2D eigenvalue weighted by atomic mass is 16.5. The van der Waals surface area contributed by atoms with Gasteiger partial charge in [0.25, 0.3) is 5.91 Å². The fourth-order valence-corrected chi connectivity index (χ4v) is 2.52. The van der Waals surface area contributed by atoms with E-state index in [4.69, 9.17) is 4.52 Å². The second-order valence-electron chi connectivity index (χ2n) is 5.38. The first kappa shape index (κ1) is 12.9. The molecule has 1 aliphatic rings. The highest BCUT2D eigenvalue weighted by Gasteiger charge is 2.36. The summed E-state index contributed by atoms with van der Waals surface area (Å²) in [6, 6.07) is -0.0452. The molecule has 0 bridgehead atoms. The maximum Gasteiger partial charge on any atom is 0.257 e. The predicted octanol–water partition coefficient (Wildman–Crippen LogP) is 1.91. The highest BCUT2D eigenvalue weighted by Crippen LogP contribution is 2.40. The van der Waals surface area contributed by atoms with E-state index in [-0.39, 0.29) is 11.9 Å². The summed E-state index contributed by atoms with van der Waals surface area (Å²) in [7, 11) is 1.94. The summed E-state index contributed by atoms with van der Waals surface area (Å²) in [6.45, 7) is 3.53. The van der Waals surface area contributed by atoms with Crippen LogP contribution < -0.4 is 5.32 Å². The Morgan fingerprint density at radius 3 is 2.75 bits per heavy atom. The van der Waals surface area contributed by atoms with Gasteiger partial charge in [-0.1, -0.05) is 5.16 Å². The highest BCUT2D eigenvalue weighted by molar-refractivity contribution is 5.96. The summed E-state index contributed by atoms with van der Waals surface area (Å²) in [5.74, 6) is 1.78. The number of imidazole rings is 1. The summed E-state index contributed by atoms with van der Waals surface area (Å²) in [5, 5.41) is 6.91. The molecule has 20 heavy (non-hydrogen) atoms. The maximum atomic E-state index is 12.4. The molecule has 2 aromatic heterocycles. The van der Waals surface area contributed by atoms with Crippen LogP contribution in [-0.4, -0.2) is 20.6 Å². The van der Waals surface area contributed by atoms with Crippen molar-refractivity contribution in [2.75, 3.05) is 0 Å². The van der Waals surface area contributed by atoms with Crippen molar-refractivity contribution in [3.05, 3.63) is 35.2 Å². The lowest BCUT2D eigenvalue weighted by molar-refractivity contribution is 0.0927. The molecular weight excluding hydrogens is 256 g/mol. The van der Waals surface area contributed by atoms with Gasteiger partial charge in [-0.3, -0.25) is 4.79 Å². The summed E-state index contributed by atoms with van der Waals surface area (Å²) >= 11 is 0. The number of carbonyl (C=O) groups excluding carboxylic acids is 1. The first-order valence-corrected chi connectivity index (χ1v) is 6.79. The molecule has 0 saturated heterocycles. The van der Waals surface area contributed by atoms with E-state index in [0.29, 0.717) is 22.9 Å². The Kier molecular flexibility index (Phi) is 3.08. The van der Waals surface area contributed by atoms with Gasteiger partial charge in [0.2, 0.25) is 0 Å². The minimum atomic E-state index is -0.138. The quantitative estimate of drug-likeness (QED) is 0.924. The third kappa shape index (κ3) is 2.21. The second kappa shape index (κ2) is 4.77. The van der Waals surface area contributed by atoms with Crippen molar-refractivity contribution in [2.45, 2.75) is 32.7 Å². The standard InChI is InChI=1S/C14H18N4O2/c1-8-11(9(2)20-17-8)14(19)16-12(10-4-5-10)13-15-6-7-18(13)3/h6-7,10,12H,4-5H2,1-3H3,(H,16,19). The van der Waals surface area contributed by atoms with Gasteiger partial charge in [-0.2, -0.15) is 0 Å². The number of aromatic nitrogens is 3. The molecule has 106 valence electrons. The summed E-state index contributed by atoms with van der Waals surface area (Å²) < 4.78 is 7.01. The molecule has 2 heterocycles. The van der Waals surface area contributed by atoms with Gasteiger partial charge in [0.15, 0.2) is 0 Å². The Morgan fingerprint density at radius 1 is 1.50 bits per heavy atom. The van der Waals surface area contributed by atoms with Crippen molar-refractivity contribution < 1.29 is 9.32 Å². The van der Waals surface area contributed by atoms with E-state index in [9.17, 15) is 4.79 Å². The monoisotopic (exact) mass is 274 g/mol. The number of hydrogen-bond acceptors (Lipinski definition) is 4. The van der Waals surface area contributed by atoms with Gasteiger partial charge < -0.3 is 14.4 Å². The third-order valence-electron chi connectivity index (χ3n) is 3.78. The zero-order valence-corrected chi connectivity index (χ0v) is 11.9. The number of hydrogen-bond donors (Lipinski definition) is 1. The van der Waals surface area contributed by atoms with E-state index in [1.54, 1.807) is 20.0 Å². The van der Waals surface area contributed by atoms with Gasteiger partial charge >= 0.3 is 0 Å². The van der Waals surface area contributed by atoms with Crippen LogP contribution in [0.4, 0.5) is 0 Å². The van der Waals surface area contributed by atoms with Crippen LogP contribution in [0.5, 0.6) is 0 Å². The van der Waals surface area contributed by atoms with Crippen molar-refractivity contribution in [3.8, 4) is 0 Å². The number of nitrogens with zero attached hydrogens (tertiary/aromatic N) is 3. The lowest BCUT2D eigenvalue weighted by Crippen LogP contribution is -2.32. The van der Waals surface area contributed by atoms with E-state index in [1.165, 1.54) is 0 Å². The Bertz CT molecular complexity index is 620. The predicted molar refractivity (Wildman–Crippen MR) is 72.1 cm³/mol. The zero-order valence-electron chi connectivity index (χ0n) is 11.9. The van der Waals surface area contributed by atoms with Gasteiger partial charge in [-0.05, 0) is 32.6 Å². The fourth-order valence-electron chi connectivity index (χ4n) is 2.52. The number of nitrogens with one attached hydrogen (secondary N) is 1. The maximum absolute atomic E-state index is 12.4. The van der Waals surface area contributed by atoms with Crippen LogP contribution in [-0.2, 0) is 7.05 Å². The summed E-state index contributed by atoms with van der Waals surface area (Å²) in [5.41, 5.74) is 1.15. The second-order valence-corrected chi connectivity index (χ2v) is 5.38. The lowest BCUT2D eigenvalue weighted by Gasteiger charge is -2.18. The molecule has 1 saturated carbocycles.